The maximum Gasteiger partial charge on any atom is 0.201 e. The zero-order valence-corrected chi connectivity index (χ0v) is 15.5. The number of hydrogen-bond acceptors (Lipinski definition) is 4. The van der Waals surface area contributed by atoms with Crippen LogP contribution in [0, 0.1) is 0 Å². The number of aromatic amines is 1. The van der Waals surface area contributed by atoms with Gasteiger partial charge < -0.3 is 10.3 Å². The summed E-state index contributed by atoms with van der Waals surface area (Å²) in [5.41, 5.74) is 4.08. The number of benzene rings is 2. The minimum Gasteiger partial charge on any atom is -0.352 e. The molecule has 0 unspecified atom stereocenters. The topological polar surface area (TPSA) is 53.6 Å². The number of nitrogens with zero attached hydrogens (tertiary/aromatic N) is 2. The summed E-state index contributed by atoms with van der Waals surface area (Å²) in [6.45, 7) is 0.637. The molecule has 0 aliphatic rings. The maximum absolute atomic E-state index is 6.08. The van der Waals surface area contributed by atoms with Crippen LogP contribution in [0.25, 0.3) is 21.6 Å². The second kappa shape index (κ2) is 6.55. The number of anilines is 1. The van der Waals surface area contributed by atoms with Crippen molar-refractivity contribution < 1.29 is 0 Å². The van der Waals surface area contributed by atoms with E-state index < -0.39 is 0 Å². The number of rotatable bonds is 4. The lowest BCUT2D eigenvalue weighted by molar-refractivity contribution is 1.10. The van der Waals surface area contributed by atoms with E-state index in [0.29, 0.717) is 11.6 Å². The normalized spacial score (nSPS) is 11.1. The Morgan fingerprint density at radius 3 is 2.92 bits per heavy atom. The lowest BCUT2D eigenvalue weighted by Gasteiger charge is -2.04. The zero-order valence-electron chi connectivity index (χ0n) is 12.4. The van der Waals surface area contributed by atoms with E-state index in [1.54, 1.807) is 11.3 Å². The zero-order chi connectivity index (χ0) is 16.5. The number of nitrogens with one attached hydrogen (secondary N) is 2. The fourth-order valence-electron chi connectivity index (χ4n) is 2.49. The van der Waals surface area contributed by atoms with Gasteiger partial charge in [-0.3, -0.25) is 0 Å². The third-order valence-electron chi connectivity index (χ3n) is 3.54. The molecule has 0 saturated carbocycles. The van der Waals surface area contributed by atoms with Crippen LogP contribution in [0.4, 0.5) is 5.95 Å². The van der Waals surface area contributed by atoms with Gasteiger partial charge in [0.25, 0.3) is 0 Å². The number of thiazole rings is 1. The van der Waals surface area contributed by atoms with E-state index in [0.717, 1.165) is 37.6 Å². The quantitative estimate of drug-likeness (QED) is 0.445. The van der Waals surface area contributed by atoms with Crippen LogP contribution >= 0.6 is 38.9 Å². The molecule has 2 aromatic heterocycles. The van der Waals surface area contributed by atoms with Crippen LogP contribution in [0.15, 0.2) is 52.4 Å². The minimum absolute atomic E-state index is 0.637. The third-order valence-corrected chi connectivity index (χ3v) is 5.04. The van der Waals surface area contributed by atoms with Crippen molar-refractivity contribution in [3.63, 3.8) is 0 Å². The van der Waals surface area contributed by atoms with Gasteiger partial charge in [-0.2, -0.15) is 0 Å². The molecule has 0 amide bonds. The second-order valence-corrected chi connectivity index (χ2v) is 7.53. The number of hydrogen-bond donors (Lipinski definition) is 2. The van der Waals surface area contributed by atoms with Crippen molar-refractivity contribution in [1.29, 1.82) is 0 Å². The van der Waals surface area contributed by atoms with Gasteiger partial charge in [0.2, 0.25) is 5.95 Å². The lowest BCUT2D eigenvalue weighted by atomic mass is 10.2. The van der Waals surface area contributed by atoms with Crippen molar-refractivity contribution in [2.45, 2.75) is 6.54 Å². The molecule has 0 aliphatic carbocycles. The molecule has 0 bridgehead atoms. The average molecular weight is 420 g/mol. The molecule has 0 spiro atoms. The number of H-pyrrole nitrogens is 1. The van der Waals surface area contributed by atoms with E-state index in [4.69, 9.17) is 11.6 Å². The van der Waals surface area contributed by atoms with E-state index in [1.165, 1.54) is 0 Å². The van der Waals surface area contributed by atoms with Gasteiger partial charge in [0.15, 0.2) is 0 Å². The van der Waals surface area contributed by atoms with Gasteiger partial charge >= 0.3 is 0 Å². The molecule has 7 heteroatoms. The summed E-state index contributed by atoms with van der Waals surface area (Å²) in [6, 6.07) is 11.9. The summed E-state index contributed by atoms with van der Waals surface area (Å²) < 4.78 is 0.962. The number of fused-ring (bicyclic) bond motifs is 1. The van der Waals surface area contributed by atoms with Crippen molar-refractivity contribution in [3.05, 3.63) is 63.0 Å². The van der Waals surface area contributed by atoms with Crippen LogP contribution in [-0.2, 0) is 6.54 Å². The summed E-state index contributed by atoms with van der Waals surface area (Å²) in [6.07, 6.45) is 1.81. The number of aromatic nitrogens is 3. The standard InChI is InChI=1S/C17H12BrClN4S/c18-12-5-10(6-13(19)8-12)9-21-17-22-14-2-1-11(7-15(14)23-17)16-20-3-4-24-16/h1-8H,9H2,(H2,21,22,23). The van der Waals surface area contributed by atoms with Crippen molar-refractivity contribution >= 4 is 55.8 Å². The highest BCUT2D eigenvalue weighted by Crippen LogP contribution is 2.26. The van der Waals surface area contributed by atoms with Crippen molar-refractivity contribution in [1.82, 2.24) is 15.0 Å². The van der Waals surface area contributed by atoms with E-state index >= 15 is 0 Å². The molecule has 0 atom stereocenters. The summed E-state index contributed by atoms with van der Waals surface area (Å²) in [5.74, 6) is 0.734. The molecule has 120 valence electrons. The first-order valence-electron chi connectivity index (χ1n) is 7.26. The molecule has 0 fully saturated rings. The van der Waals surface area contributed by atoms with Crippen LogP contribution < -0.4 is 5.32 Å². The summed E-state index contributed by atoms with van der Waals surface area (Å²) >= 11 is 11.2. The number of halogens is 2. The average Bonchev–Trinajstić information content (AvgIpc) is 3.20. The highest BCUT2D eigenvalue weighted by atomic mass is 79.9. The van der Waals surface area contributed by atoms with E-state index in [2.05, 4.69) is 42.3 Å². The van der Waals surface area contributed by atoms with Gasteiger partial charge in [-0.25, -0.2) is 9.97 Å². The molecule has 2 aromatic carbocycles. The van der Waals surface area contributed by atoms with Crippen molar-refractivity contribution in [2.75, 3.05) is 5.32 Å². The summed E-state index contributed by atoms with van der Waals surface area (Å²) in [7, 11) is 0. The molecule has 2 heterocycles. The minimum atomic E-state index is 0.637. The van der Waals surface area contributed by atoms with Crippen molar-refractivity contribution in [3.8, 4) is 10.6 Å². The van der Waals surface area contributed by atoms with Crippen LogP contribution in [0.2, 0.25) is 5.02 Å². The number of imidazole rings is 1. The lowest BCUT2D eigenvalue weighted by Crippen LogP contribution is -2.00. The molecule has 0 radical (unpaired) electrons. The summed E-state index contributed by atoms with van der Waals surface area (Å²) in [5, 5.41) is 6.99. The molecule has 2 N–H and O–H groups in total. The Kier molecular flexibility index (Phi) is 4.26. The van der Waals surface area contributed by atoms with E-state index in [-0.39, 0.29) is 0 Å². The molecule has 4 aromatic rings. The Labute approximate surface area is 156 Å². The van der Waals surface area contributed by atoms with Gasteiger partial charge in [-0.1, -0.05) is 27.5 Å². The van der Waals surface area contributed by atoms with Crippen LogP contribution in [0.5, 0.6) is 0 Å². The van der Waals surface area contributed by atoms with Gasteiger partial charge in [0, 0.05) is 33.2 Å². The Balaban J connectivity index is 1.56. The second-order valence-electron chi connectivity index (χ2n) is 5.29. The third kappa shape index (κ3) is 3.31. The molecular weight excluding hydrogens is 408 g/mol. The molecular formula is C17H12BrClN4S. The predicted molar refractivity (Wildman–Crippen MR) is 104 cm³/mol. The first kappa shape index (κ1) is 15.6. The SMILES string of the molecule is Clc1cc(Br)cc(CNc2nc3ccc(-c4nccs4)cc3[nH]2)c1. The van der Waals surface area contributed by atoms with Gasteiger partial charge in [-0.05, 0) is 42.0 Å². The van der Waals surface area contributed by atoms with Gasteiger partial charge in [0.05, 0.1) is 11.0 Å². The fraction of sp³-hybridized carbons (Fsp3) is 0.0588. The van der Waals surface area contributed by atoms with Gasteiger partial charge in [0.1, 0.15) is 5.01 Å². The molecule has 0 saturated heterocycles. The Morgan fingerprint density at radius 2 is 2.12 bits per heavy atom. The van der Waals surface area contributed by atoms with Crippen LogP contribution in [-0.4, -0.2) is 15.0 Å². The molecule has 4 nitrogen and oxygen atoms in total. The predicted octanol–water partition coefficient (Wildman–Crippen LogP) is 5.71. The highest BCUT2D eigenvalue weighted by molar-refractivity contribution is 9.10. The Bertz CT molecular complexity index is 977. The Morgan fingerprint density at radius 1 is 1.21 bits per heavy atom. The van der Waals surface area contributed by atoms with Crippen LogP contribution in [0.1, 0.15) is 5.56 Å². The molecule has 0 aliphatic heterocycles. The molecule has 24 heavy (non-hydrogen) atoms. The van der Waals surface area contributed by atoms with Crippen molar-refractivity contribution in [2.24, 2.45) is 0 Å². The van der Waals surface area contributed by atoms with Gasteiger partial charge in [-0.15, -0.1) is 11.3 Å². The monoisotopic (exact) mass is 418 g/mol. The largest absolute Gasteiger partial charge is 0.352 e. The Hall–Kier alpha value is -1.89. The smallest absolute Gasteiger partial charge is 0.201 e. The molecule has 4 rings (SSSR count). The van der Waals surface area contributed by atoms with Crippen LogP contribution in [0.3, 0.4) is 0 Å². The summed E-state index contributed by atoms with van der Waals surface area (Å²) in [4.78, 5) is 12.2. The fourth-order valence-corrected chi connectivity index (χ4v) is 4.06. The maximum atomic E-state index is 6.08. The highest BCUT2D eigenvalue weighted by Gasteiger charge is 2.07. The van der Waals surface area contributed by atoms with E-state index in [9.17, 15) is 0 Å². The van der Waals surface area contributed by atoms with E-state index in [1.807, 2.05) is 41.9 Å². The first-order chi connectivity index (χ1) is 11.7. The first-order valence-corrected chi connectivity index (χ1v) is 9.31.